The fourth-order valence-electron chi connectivity index (χ4n) is 2.43. The van der Waals surface area contributed by atoms with Gasteiger partial charge in [-0.05, 0) is 37.3 Å². The van der Waals surface area contributed by atoms with Crippen LogP contribution in [0.5, 0.6) is 5.75 Å². The van der Waals surface area contributed by atoms with Crippen LogP contribution in [0.4, 0.5) is 0 Å². The van der Waals surface area contributed by atoms with Gasteiger partial charge in [-0.2, -0.15) is 0 Å². The zero-order valence-corrected chi connectivity index (χ0v) is 15.3. The highest BCUT2D eigenvalue weighted by Gasteiger charge is 2.38. The number of carbonyl (C=O) groups excluding carboxylic acids is 2. The molecule has 0 radical (unpaired) electrons. The van der Waals surface area contributed by atoms with Crippen LogP contribution in [0, 0.1) is 0 Å². The summed E-state index contributed by atoms with van der Waals surface area (Å²) < 4.78 is 10.6. The molecule has 1 aliphatic rings. The van der Waals surface area contributed by atoms with Gasteiger partial charge in [0.25, 0.3) is 11.8 Å². The number of nitrogens with zero attached hydrogens (tertiary/aromatic N) is 1. The molecular weight excluding hydrogens is 326 g/mol. The standard InChI is InChI=1S/C18H23NO4S/c1-5-24-16-15(13-6-8-14(22-4)9-7-13)17(20)19(18(16)21)10-11-23-12(2)3/h6-9,12H,5,10-11H2,1-4H3. The van der Waals surface area contributed by atoms with Gasteiger partial charge in [-0.1, -0.05) is 19.1 Å². The number of hydrogen-bond acceptors (Lipinski definition) is 5. The molecule has 1 aliphatic heterocycles. The van der Waals surface area contributed by atoms with Crippen LogP contribution in [0.15, 0.2) is 29.2 Å². The Morgan fingerprint density at radius 3 is 2.33 bits per heavy atom. The first kappa shape index (κ1) is 18.5. The summed E-state index contributed by atoms with van der Waals surface area (Å²) in [5.74, 6) is 0.950. The molecule has 1 aromatic carbocycles. The van der Waals surface area contributed by atoms with Crippen molar-refractivity contribution in [2.75, 3.05) is 26.0 Å². The van der Waals surface area contributed by atoms with E-state index < -0.39 is 0 Å². The average Bonchev–Trinajstić information content (AvgIpc) is 2.79. The molecule has 0 spiro atoms. The highest BCUT2D eigenvalue weighted by Crippen LogP contribution is 2.36. The van der Waals surface area contributed by atoms with Gasteiger partial charge >= 0.3 is 0 Å². The number of amides is 2. The molecule has 0 aromatic heterocycles. The van der Waals surface area contributed by atoms with Crippen LogP contribution in [0.25, 0.3) is 5.57 Å². The summed E-state index contributed by atoms with van der Waals surface area (Å²) in [6.45, 7) is 6.42. The van der Waals surface area contributed by atoms with Crippen LogP contribution < -0.4 is 4.74 Å². The van der Waals surface area contributed by atoms with Crippen LogP contribution in [-0.2, 0) is 14.3 Å². The third kappa shape index (κ3) is 3.99. The fourth-order valence-corrected chi connectivity index (χ4v) is 3.30. The van der Waals surface area contributed by atoms with E-state index in [9.17, 15) is 9.59 Å². The van der Waals surface area contributed by atoms with Crippen LogP contribution >= 0.6 is 11.8 Å². The maximum absolute atomic E-state index is 12.8. The number of benzene rings is 1. The van der Waals surface area contributed by atoms with Crippen molar-refractivity contribution in [3.05, 3.63) is 34.7 Å². The zero-order chi connectivity index (χ0) is 17.7. The van der Waals surface area contributed by atoms with Crippen molar-refractivity contribution in [1.29, 1.82) is 0 Å². The van der Waals surface area contributed by atoms with Crippen LogP contribution in [0.3, 0.4) is 0 Å². The first-order valence-corrected chi connectivity index (χ1v) is 8.97. The van der Waals surface area contributed by atoms with Crippen molar-refractivity contribution >= 4 is 29.1 Å². The van der Waals surface area contributed by atoms with Crippen molar-refractivity contribution in [3.63, 3.8) is 0 Å². The molecule has 0 saturated heterocycles. The topological polar surface area (TPSA) is 55.8 Å². The second-order valence-corrected chi connectivity index (χ2v) is 6.82. The molecule has 1 aromatic rings. The molecule has 6 heteroatoms. The second kappa shape index (κ2) is 8.35. The Labute approximate surface area is 147 Å². The lowest BCUT2D eigenvalue weighted by molar-refractivity contribution is -0.137. The molecule has 0 atom stereocenters. The monoisotopic (exact) mass is 349 g/mol. The van der Waals surface area contributed by atoms with Crippen LogP contribution in [0.1, 0.15) is 26.3 Å². The van der Waals surface area contributed by atoms with Gasteiger partial charge in [-0.15, -0.1) is 11.8 Å². The molecule has 2 amide bonds. The van der Waals surface area contributed by atoms with E-state index in [4.69, 9.17) is 9.47 Å². The fraction of sp³-hybridized carbons (Fsp3) is 0.444. The number of hydrogen-bond donors (Lipinski definition) is 0. The molecule has 2 rings (SSSR count). The lowest BCUT2D eigenvalue weighted by atomic mass is 10.1. The Morgan fingerprint density at radius 2 is 1.79 bits per heavy atom. The molecule has 0 unspecified atom stereocenters. The molecule has 0 fully saturated rings. The Kier molecular flexibility index (Phi) is 6.45. The summed E-state index contributed by atoms with van der Waals surface area (Å²) in [6.07, 6.45) is 0.0660. The third-order valence-electron chi connectivity index (χ3n) is 3.56. The molecule has 130 valence electrons. The predicted octanol–water partition coefficient (Wildman–Crippen LogP) is 2.95. The minimum Gasteiger partial charge on any atom is -0.497 e. The van der Waals surface area contributed by atoms with E-state index in [1.165, 1.54) is 16.7 Å². The van der Waals surface area contributed by atoms with Gasteiger partial charge < -0.3 is 9.47 Å². The predicted molar refractivity (Wildman–Crippen MR) is 95.9 cm³/mol. The zero-order valence-electron chi connectivity index (χ0n) is 14.5. The number of rotatable bonds is 8. The lowest BCUT2D eigenvalue weighted by Crippen LogP contribution is -2.35. The highest BCUT2D eigenvalue weighted by molar-refractivity contribution is 8.04. The van der Waals surface area contributed by atoms with Gasteiger partial charge in [0, 0.05) is 0 Å². The molecule has 0 bridgehead atoms. The van der Waals surface area contributed by atoms with E-state index in [-0.39, 0.29) is 24.5 Å². The average molecular weight is 349 g/mol. The molecular formula is C18H23NO4S. The Balaban J connectivity index is 2.27. The number of imide groups is 1. The van der Waals surface area contributed by atoms with Gasteiger partial charge in [0.05, 0.1) is 36.8 Å². The largest absolute Gasteiger partial charge is 0.497 e. The van der Waals surface area contributed by atoms with Gasteiger partial charge in [-0.3, -0.25) is 14.5 Å². The van der Waals surface area contributed by atoms with Crippen molar-refractivity contribution in [1.82, 2.24) is 4.90 Å². The summed E-state index contributed by atoms with van der Waals surface area (Å²) in [4.78, 5) is 27.2. The van der Waals surface area contributed by atoms with Crippen LogP contribution in [-0.4, -0.2) is 48.8 Å². The summed E-state index contributed by atoms with van der Waals surface area (Å²) in [7, 11) is 1.59. The maximum Gasteiger partial charge on any atom is 0.268 e. The van der Waals surface area contributed by atoms with E-state index in [0.717, 1.165) is 11.3 Å². The third-order valence-corrected chi connectivity index (χ3v) is 4.52. The first-order valence-electron chi connectivity index (χ1n) is 7.98. The van der Waals surface area contributed by atoms with E-state index in [2.05, 4.69) is 0 Å². The summed E-state index contributed by atoms with van der Waals surface area (Å²) in [5.41, 5.74) is 1.21. The van der Waals surface area contributed by atoms with Crippen molar-refractivity contribution in [2.24, 2.45) is 0 Å². The lowest BCUT2D eigenvalue weighted by Gasteiger charge is -2.16. The van der Waals surface area contributed by atoms with Gasteiger partial charge in [0.1, 0.15) is 5.75 Å². The van der Waals surface area contributed by atoms with E-state index in [1.807, 2.05) is 32.9 Å². The van der Waals surface area contributed by atoms with E-state index in [0.29, 0.717) is 22.8 Å². The van der Waals surface area contributed by atoms with Crippen molar-refractivity contribution in [3.8, 4) is 5.75 Å². The molecule has 24 heavy (non-hydrogen) atoms. The molecule has 0 N–H and O–H groups in total. The molecule has 0 saturated carbocycles. The SMILES string of the molecule is CCSC1=C(c2ccc(OC)cc2)C(=O)N(CCOC(C)C)C1=O. The van der Waals surface area contributed by atoms with Crippen LogP contribution in [0.2, 0.25) is 0 Å². The smallest absolute Gasteiger partial charge is 0.268 e. The van der Waals surface area contributed by atoms with Crippen molar-refractivity contribution < 1.29 is 19.1 Å². The second-order valence-electron chi connectivity index (χ2n) is 5.55. The van der Waals surface area contributed by atoms with Crippen molar-refractivity contribution in [2.45, 2.75) is 26.9 Å². The van der Waals surface area contributed by atoms with E-state index in [1.54, 1.807) is 19.2 Å². The number of carbonyl (C=O) groups is 2. The first-order chi connectivity index (χ1) is 11.5. The number of ether oxygens (including phenoxy) is 2. The molecule has 1 heterocycles. The normalized spacial score (nSPS) is 15.0. The Morgan fingerprint density at radius 1 is 1.12 bits per heavy atom. The summed E-state index contributed by atoms with van der Waals surface area (Å²) in [6, 6.07) is 7.20. The van der Waals surface area contributed by atoms with Gasteiger partial charge in [-0.25, -0.2) is 0 Å². The highest BCUT2D eigenvalue weighted by atomic mass is 32.2. The molecule has 5 nitrogen and oxygen atoms in total. The Hall–Kier alpha value is -1.79. The van der Waals surface area contributed by atoms with Gasteiger partial charge in [0.15, 0.2) is 0 Å². The minimum absolute atomic E-state index is 0.0660. The molecule has 0 aliphatic carbocycles. The quantitative estimate of drug-likeness (QED) is 0.676. The number of methoxy groups -OCH3 is 1. The maximum atomic E-state index is 12.8. The minimum atomic E-state index is -0.256. The van der Waals surface area contributed by atoms with E-state index >= 15 is 0 Å². The van der Waals surface area contributed by atoms with Gasteiger partial charge in [0.2, 0.25) is 0 Å². The summed E-state index contributed by atoms with van der Waals surface area (Å²) in [5, 5.41) is 0. The Bertz CT molecular complexity index is 637. The summed E-state index contributed by atoms with van der Waals surface area (Å²) >= 11 is 1.40. The number of thioether (sulfide) groups is 1.